The predicted molar refractivity (Wildman–Crippen MR) is 60.9 cm³/mol. The summed E-state index contributed by atoms with van der Waals surface area (Å²) in [6.45, 7) is 0. The summed E-state index contributed by atoms with van der Waals surface area (Å²) in [5, 5.41) is 0. The van der Waals surface area contributed by atoms with Gasteiger partial charge in [-0.2, -0.15) is 62.6 Å². The van der Waals surface area contributed by atoms with Gasteiger partial charge in [-0.15, -0.1) is 0 Å². The second kappa shape index (κ2) is 54.8. The Balaban J connectivity index is -0.0000000170. The minimum atomic E-state index is -5.39. The van der Waals surface area contributed by atoms with Crippen LogP contribution >= 0.6 is 62.6 Å². The maximum atomic E-state index is 8.55. The van der Waals surface area contributed by atoms with E-state index in [1.165, 1.54) is 0 Å². The zero-order chi connectivity index (χ0) is 36.0. The summed E-state index contributed by atoms with van der Waals surface area (Å²) >= 11 is 0. The summed E-state index contributed by atoms with van der Waals surface area (Å²) in [5.41, 5.74) is 0. The van der Waals surface area contributed by atoms with Crippen LogP contribution in [0.15, 0.2) is 0 Å². The first-order valence-corrected chi connectivity index (χ1v) is 17.5. The molecule has 0 heterocycles. The van der Waals surface area contributed by atoms with Gasteiger partial charge >= 0.3 is 327 Å². The van der Waals surface area contributed by atoms with Crippen molar-refractivity contribution in [2.24, 2.45) is 0 Å². The largest absolute Gasteiger partial charge is 3.00 e. The third kappa shape index (κ3) is 1360. The molecule has 0 saturated heterocycles. The van der Waals surface area contributed by atoms with Crippen molar-refractivity contribution in [2.45, 2.75) is 0 Å². The minimum absolute atomic E-state index is 0. The summed E-state index contributed by atoms with van der Waals surface area (Å²) in [6.07, 6.45) is 0. The van der Waals surface area contributed by atoms with Crippen molar-refractivity contribution < 1.29 is 481 Å². The summed E-state index contributed by atoms with van der Waals surface area (Å²) < 4.78 is 68.4. The van der Waals surface area contributed by atoms with E-state index in [4.69, 9.17) is 154 Å². The molecule has 0 aromatic carbocycles. The molecule has 8 radical (unpaired) electrons. The van der Waals surface area contributed by atoms with Crippen LogP contribution in [0.5, 0.6) is 0 Å². The van der Waals surface area contributed by atoms with Crippen LogP contribution < -0.4 is 117 Å². The van der Waals surface area contributed by atoms with Gasteiger partial charge in [0.2, 0.25) is 0 Å². The van der Waals surface area contributed by atoms with Crippen LogP contribution in [0.4, 0.5) is 0 Å². The van der Waals surface area contributed by atoms with Gasteiger partial charge in [-0.1, -0.05) is 0 Å². The number of phosphoric acid groups is 8. The number of hydrogen-bond donors (Lipinski definition) is 0. The molecule has 48 heteroatoms. The Kier molecular flexibility index (Phi) is 123. The molecule has 0 aromatic rings. The molecule has 48 heavy (non-hydrogen) atoms. The smallest absolute Gasteiger partial charge is 0.822 e. The molecule has 0 saturated carbocycles. The third-order valence-corrected chi connectivity index (χ3v) is 0. The van der Waals surface area contributed by atoms with Crippen LogP contribution in [0, 0.1) is 327 Å². The summed E-state index contributed by atoms with van der Waals surface area (Å²) in [6, 6.07) is 0. The molecule has 0 fully saturated rings. The SMILES string of the molecule is O=P([O-])([O-])[O-].O=P([O-])([O-])[O-].O=P([O-])([O-])[O-].O=P([O-])([O-])[O-].O=P([O-])([O-])[O-].O=P([O-])([O-])[O-].O=P([O-])([O-])[O-].O=P([O-])([O-])[O-].[Nd+3].[Nd+3].[Nd+3].[Nd+3].[Nd+3].[Nd+3].[Nd+3].[Nd+3]. The van der Waals surface area contributed by atoms with Gasteiger partial charge in [0, 0.05) is 0 Å². The molecule has 0 aliphatic rings. The molecule has 0 bridgehead atoms. The molecule has 0 aromatic heterocycles. The number of rotatable bonds is 0. The van der Waals surface area contributed by atoms with Crippen LogP contribution in [-0.4, -0.2) is 0 Å². The van der Waals surface area contributed by atoms with E-state index in [1.54, 1.807) is 0 Å². The van der Waals surface area contributed by atoms with Gasteiger partial charge in [0.25, 0.3) is 0 Å². The maximum Gasteiger partial charge on any atom is 3.00 e. The molecule has 0 amide bonds. The Labute approximate surface area is 529 Å². The molecular formula is Nd8O32P8. The first-order valence-electron chi connectivity index (χ1n) is 5.84. The van der Waals surface area contributed by atoms with Crippen molar-refractivity contribution in [1.82, 2.24) is 0 Å². The van der Waals surface area contributed by atoms with Crippen LogP contribution in [-0.2, 0) is 36.5 Å². The average Bonchev–Trinajstić information content (AvgIpc) is 2.16. The van der Waals surface area contributed by atoms with Gasteiger partial charge in [-0.3, -0.25) is 0 Å². The standard InChI is InChI=1S/8Nd.8H3O4P/c;;;;;;;;8*1-5(2,3)4/h;;;;;;;;8*(H3,1,2,3,4)/q8*+3;;;;;;;;/p-24. The monoisotopic (exact) mass is 1890 g/mol. The normalized spacial score (nSPS) is 9.83. The maximum absolute atomic E-state index is 8.55. The predicted octanol–water partition coefficient (Wildman–Crippen LogP) is -22.6. The topological polar surface area (TPSA) is 690 Å². The van der Waals surface area contributed by atoms with Crippen molar-refractivity contribution >= 4 is 62.6 Å². The Morgan fingerprint density at radius 1 is 0.146 bits per heavy atom. The molecule has 0 rings (SSSR count). The van der Waals surface area contributed by atoms with Crippen LogP contribution in [0.2, 0.25) is 0 Å². The van der Waals surface area contributed by atoms with Crippen LogP contribution in [0.1, 0.15) is 0 Å². The van der Waals surface area contributed by atoms with E-state index in [0.29, 0.717) is 0 Å². The molecule has 32 nitrogen and oxygen atoms in total. The Morgan fingerprint density at radius 3 is 0.146 bits per heavy atom. The van der Waals surface area contributed by atoms with Gasteiger partial charge in [0.15, 0.2) is 0 Å². The third-order valence-electron chi connectivity index (χ3n) is 0. The fourth-order valence-corrected chi connectivity index (χ4v) is 0. The first kappa shape index (κ1) is 108. The average molecular weight is 1910 g/mol. The van der Waals surface area contributed by atoms with E-state index < -0.39 is 62.6 Å². The second-order valence-electron chi connectivity index (χ2n) is 3.58. The van der Waals surface area contributed by atoms with Gasteiger partial charge in [-0.25, -0.2) is 0 Å². The van der Waals surface area contributed by atoms with Gasteiger partial charge in [-0.05, 0) is 0 Å². The summed E-state index contributed by atoms with van der Waals surface area (Å²) in [5.74, 6) is 0. The fourth-order valence-electron chi connectivity index (χ4n) is 0. The molecule has 0 unspecified atom stereocenters. The van der Waals surface area contributed by atoms with E-state index in [-0.39, 0.29) is 327 Å². The Bertz CT molecular complexity index is 669. The van der Waals surface area contributed by atoms with Crippen molar-refractivity contribution in [3.8, 4) is 0 Å². The molecule has 0 spiro atoms. The molecule has 0 aliphatic carbocycles. The number of hydrogen-bond acceptors (Lipinski definition) is 32. The van der Waals surface area contributed by atoms with E-state index in [1.807, 2.05) is 0 Å². The molecule has 0 aliphatic heterocycles. The molecule has 264 valence electrons. The zero-order valence-corrected chi connectivity index (χ0v) is 53.5. The van der Waals surface area contributed by atoms with E-state index >= 15 is 0 Å². The summed E-state index contributed by atoms with van der Waals surface area (Å²) in [4.78, 5) is 205. The molecule has 0 N–H and O–H groups in total. The van der Waals surface area contributed by atoms with Gasteiger partial charge in [0.05, 0.1) is 0 Å². The Hall–Kier alpha value is 11.7. The van der Waals surface area contributed by atoms with Crippen LogP contribution in [0.25, 0.3) is 0 Å². The van der Waals surface area contributed by atoms with E-state index in [9.17, 15) is 0 Å². The van der Waals surface area contributed by atoms with Gasteiger partial charge in [0.1, 0.15) is 0 Å². The van der Waals surface area contributed by atoms with Crippen molar-refractivity contribution in [1.29, 1.82) is 0 Å². The second-order valence-corrected chi connectivity index (χ2v) is 10.7. The van der Waals surface area contributed by atoms with Crippen molar-refractivity contribution in [3.63, 3.8) is 0 Å². The quantitative estimate of drug-likeness (QED) is 0.203. The van der Waals surface area contributed by atoms with Crippen molar-refractivity contribution in [2.75, 3.05) is 0 Å². The van der Waals surface area contributed by atoms with Crippen molar-refractivity contribution in [3.05, 3.63) is 0 Å². The van der Waals surface area contributed by atoms with Gasteiger partial charge < -0.3 is 154 Å². The Morgan fingerprint density at radius 2 is 0.146 bits per heavy atom. The zero-order valence-electron chi connectivity index (χ0n) is 20.6. The summed E-state index contributed by atoms with van der Waals surface area (Å²) in [7, 11) is -43.1. The molecule has 0 atom stereocenters. The van der Waals surface area contributed by atoms with E-state index in [2.05, 4.69) is 0 Å². The van der Waals surface area contributed by atoms with Crippen LogP contribution in [0.3, 0.4) is 0 Å². The minimum Gasteiger partial charge on any atom is -0.822 e. The van der Waals surface area contributed by atoms with E-state index in [0.717, 1.165) is 0 Å². The molecular weight excluding hydrogens is 1910 g/mol. The fraction of sp³-hybridized carbons (Fsp3) is 0. The first-order chi connectivity index (χ1) is 16.0.